The molecule has 1 aromatic carbocycles. The number of anilines is 1. The van der Waals surface area contributed by atoms with E-state index in [0.29, 0.717) is 22.7 Å². The highest BCUT2D eigenvalue weighted by molar-refractivity contribution is 7.99. The first-order valence-corrected chi connectivity index (χ1v) is 11.0. The molecule has 3 heterocycles. The summed E-state index contributed by atoms with van der Waals surface area (Å²) in [6, 6.07) is 11.4. The van der Waals surface area contributed by atoms with E-state index in [0.717, 1.165) is 17.0 Å². The fraction of sp³-hybridized carbons (Fsp3) is 0.150. The fourth-order valence-electron chi connectivity index (χ4n) is 2.71. The second kappa shape index (κ2) is 9.51. The van der Waals surface area contributed by atoms with Crippen LogP contribution in [0.4, 0.5) is 5.13 Å². The molecule has 0 saturated heterocycles. The zero-order chi connectivity index (χ0) is 20.8. The maximum Gasteiger partial charge on any atom is 0.236 e. The normalized spacial score (nSPS) is 10.7. The number of benzene rings is 1. The number of amides is 1. The summed E-state index contributed by atoms with van der Waals surface area (Å²) >= 11 is 2.69. The van der Waals surface area contributed by atoms with Gasteiger partial charge >= 0.3 is 0 Å². The molecule has 0 aliphatic carbocycles. The first kappa shape index (κ1) is 20.0. The number of pyridine rings is 1. The average Bonchev–Trinajstić information content (AvgIpc) is 3.43. The lowest BCUT2D eigenvalue weighted by atomic mass is 10.2. The Hall–Kier alpha value is -3.24. The second-order valence-corrected chi connectivity index (χ2v) is 7.82. The van der Waals surface area contributed by atoms with Gasteiger partial charge in [0.25, 0.3) is 0 Å². The maximum absolute atomic E-state index is 12.3. The molecule has 10 heteroatoms. The van der Waals surface area contributed by atoms with Crippen LogP contribution in [0.1, 0.15) is 6.92 Å². The van der Waals surface area contributed by atoms with E-state index in [1.807, 2.05) is 53.3 Å². The molecule has 8 nitrogen and oxygen atoms in total. The van der Waals surface area contributed by atoms with Crippen LogP contribution in [0.3, 0.4) is 0 Å². The molecule has 1 amide bonds. The van der Waals surface area contributed by atoms with Gasteiger partial charge in [0.1, 0.15) is 5.75 Å². The minimum atomic E-state index is -0.151. The number of ether oxygens (including phenoxy) is 1. The van der Waals surface area contributed by atoms with E-state index in [1.165, 1.54) is 23.1 Å². The van der Waals surface area contributed by atoms with Crippen molar-refractivity contribution < 1.29 is 9.53 Å². The molecule has 3 aromatic heterocycles. The third-order valence-corrected chi connectivity index (χ3v) is 5.61. The molecule has 0 atom stereocenters. The smallest absolute Gasteiger partial charge is 0.236 e. The van der Waals surface area contributed by atoms with E-state index < -0.39 is 0 Å². The van der Waals surface area contributed by atoms with Crippen molar-refractivity contribution in [1.82, 2.24) is 24.7 Å². The zero-order valence-electron chi connectivity index (χ0n) is 16.1. The molecular weight excluding hydrogens is 420 g/mol. The van der Waals surface area contributed by atoms with Gasteiger partial charge < -0.3 is 10.1 Å². The highest BCUT2D eigenvalue weighted by Crippen LogP contribution is 2.28. The first-order valence-electron chi connectivity index (χ1n) is 9.16. The molecule has 0 saturated carbocycles. The predicted octanol–water partition coefficient (Wildman–Crippen LogP) is 3.92. The molecule has 4 aromatic rings. The zero-order valence-corrected chi connectivity index (χ0v) is 17.7. The molecule has 1 N–H and O–H groups in total. The molecule has 30 heavy (non-hydrogen) atoms. The Kier molecular flexibility index (Phi) is 6.35. The number of rotatable bonds is 8. The van der Waals surface area contributed by atoms with Gasteiger partial charge in [-0.3, -0.25) is 14.3 Å². The number of carbonyl (C=O) groups is 1. The van der Waals surface area contributed by atoms with Crippen LogP contribution < -0.4 is 10.1 Å². The molecule has 0 spiro atoms. The predicted molar refractivity (Wildman–Crippen MR) is 117 cm³/mol. The Morgan fingerprint density at radius 3 is 2.63 bits per heavy atom. The van der Waals surface area contributed by atoms with Crippen molar-refractivity contribution in [3.63, 3.8) is 0 Å². The number of thiazole rings is 1. The number of hydrogen-bond acceptors (Lipinski definition) is 8. The molecule has 0 aliphatic heterocycles. The lowest BCUT2D eigenvalue weighted by molar-refractivity contribution is -0.113. The number of aromatic nitrogens is 5. The molecule has 0 unspecified atom stereocenters. The minimum absolute atomic E-state index is 0.151. The molecule has 152 valence electrons. The monoisotopic (exact) mass is 438 g/mol. The van der Waals surface area contributed by atoms with Crippen molar-refractivity contribution in [1.29, 1.82) is 0 Å². The van der Waals surface area contributed by atoms with Crippen LogP contribution in [0.15, 0.2) is 65.5 Å². The Bertz CT molecular complexity index is 1100. The van der Waals surface area contributed by atoms with Gasteiger partial charge in [-0.05, 0) is 43.3 Å². The summed E-state index contributed by atoms with van der Waals surface area (Å²) in [5.41, 5.74) is 1.75. The number of nitrogens with zero attached hydrogens (tertiary/aromatic N) is 5. The number of nitrogens with one attached hydrogen (secondary N) is 1. The highest BCUT2D eigenvalue weighted by atomic mass is 32.2. The van der Waals surface area contributed by atoms with Gasteiger partial charge in [-0.1, -0.05) is 11.8 Å². The van der Waals surface area contributed by atoms with Crippen molar-refractivity contribution in [3.05, 3.63) is 60.4 Å². The lowest BCUT2D eigenvalue weighted by Crippen LogP contribution is -2.14. The van der Waals surface area contributed by atoms with Crippen molar-refractivity contribution in [3.8, 4) is 22.8 Å². The second-order valence-electron chi connectivity index (χ2n) is 5.98. The maximum atomic E-state index is 12.3. The number of hydrogen-bond donors (Lipinski definition) is 1. The van der Waals surface area contributed by atoms with E-state index in [1.54, 1.807) is 18.6 Å². The number of thioether (sulfide) groups is 1. The van der Waals surface area contributed by atoms with Crippen LogP contribution in [0, 0.1) is 0 Å². The third-order valence-electron chi connectivity index (χ3n) is 3.99. The van der Waals surface area contributed by atoms with Crippen LogP contribution >= 0.6 is 23.1 Å². The minimum Gasteiger partial charge on any atom is -0.494 e. The van der Waals surface area contributed by atoms with Gasteiger partial charge in [0.2, 0.25) is 5.91 Å². The molecule has 0 aliphatic rings. The third kappa shape index (κ3) is 4.66. The Morgan fingerprint density at radius 2 is 1.93 bits per heavy atom. The van der Waals surface area contributed by atoms with Crippen molar-refractivity contribution >= 4 is 34.1 Å². The van der Waals surface area contributed by atoms with Crippen molar-refractivity contribution in [2.24, 2.45) is 0 Å². The van der Waals surface area contributed by atoms with Gasteiger partial charge in [0, 0.05) is 35.2 Å². The van der Waals surface area contributed by atoms with Gasteiger partial charge in [-0.25, -0.2) is 4.98 Å². The Morgan fingerprint density at radius 1 is 1.13 bits per heavy atom. The van der Waals surface area contributed by atoms with Crippen molar-refractivity contribution in [2.45, 2.75) is 12.1 Å². The van der Waals surface area contributed by atoms with Crippen LogP contribution in [-0.2, 0) is 4.79 Å². The molecule has 0 radical (unpaired) electrons. The summed E-state index contributed by atoms with van der Waals surface area (Å²) < 4.78 is 7.46. The van der Waals surface area contributed by atoms with Crippen LogP contribution in [0.25, 0.3) is 17.1 Å². The quantitative estimate of drug-likeness (QED) is 0.417. The summed E-state index contributed by atoms with van der Waals surface area (Å²) in [7, 11) is 0. The largest absolute Gasteiger partial charge is 0.494 e. The summed E-state index contributed by atoms with van der Waals surface area (Å²) in [6.45, 7) is 2.55. The summed E-state index contributed by atoms with van der Waals surface area (Å²) in [5.74, 6) is 1.49. The lowest BCUT2D eigenvalue weighted by Gasteiger charge is -2.11. The van der Waals surface area contributed by atoms with Gasteiger partial charge in [0.05, 0.1) is 12.4 Å². The Labute approximate surface area is 181 Å². The molecular formula is C20H18N6O2S2. The summed E-state index contributed by atoms with van der Waals surface area (Å²) in [6.07, 6.45) is 5.07. The molecule has 0 bridgehead atoms. The van der Waals surface area contributed by atoms with E-state index in [2.05, 4.69) is 25.5 Å². The SMILES string of the molecule is CCOc1ccc(-n2c(SCC(=O)Nc3nccs3)nnc2-c2ccncc2)cc1. The van der Waals surface area contributed by atoms with Gasteiger partial charge in [-0.15, -0.1) is 21.5 Å². The van der Waals surface area contributed by atoms with Gasteiger partial charge in [-0.2, -0.15) is 0 Å². The Balaban J connectivity index is 1.61. The molecule has 4 rings (SSSR count). The van der Waals surface area contributed by atoms with E-state index >= 15 is 0 Å². The molecule has 0 fully saturated rings. The summed E-state index contributed by atoms with van der Waals surface area (Å²) in [4.78, 5) is 20.4. The van der Waals surface area contributed by atoms with Crippen LogP contribution in [-0.4, -0.2) is 43.0 Å². The number of carbonyl (C=O) groups excluding carboxylic acids is 1. The average molecular weight is 439 g/mol. The van der Waals surface area contributed by atoms with E-state index in [4.69, 9.17) is 4.74 Å². The van der Waals surface area contributed by atoms with Crippen LogP contribution in [0.2, 0.25) is 0 Å². The van der Waals surface area contributed by atoms with Crippen molar-refractivity contribution in [2.75, 3.05) is 17.7 Å². The fourth-order valence-corrected chi connectivity index (χ4v) is 4.01. The topological polar surface area (TPSA) is 94.8 Å². The van der Waals surface area contributed by atoms with E-state index in [9.17, 15) is 4.79 Å². The standard InChI is InChI=1S/C20H18N6O2S2/c1-2-28-16-5-3-15(4-6-16)26-18(14-7-9-21-10-8-14)24-25-20(26)30-13-17(27)23-19-22-11-12-29-19/h3-12H,2,13H2,1H3,(H,22,23,27). The summed E-state index contributed by atoms with van der Waals surface area (Å²) in [5, 5.41) is 14.5. The highest BCUT2D eigenvalue weighted by Gasteiger charge is 2.17. The van der Waals surface area contributed by atoms with Crippen LogP contribution in [0.5, 0.6) is 5.75 Å². The van der Waals surface area contributed by atoms with Gasteiger partial charge in [0.15, 0.2) is 16.1 Å². The first-order chi connectivity index (χ1) is 14.7. The van der Waals surface area contributed by atoms with E-state index in [-0.39, 0.29) is 11.7 Å².